The Bertz CT molecular complexity index is 2200. The van der Waals surface area contributed by atoms with E-state index in [2.05, 4.69) is 63.3 Å². The number of aliphatic hydroxyl groups is 9. The molecule has 3 aliphatic heterocycles. The first-order valence-corrected chi connectivity index (χ1v) is 37.9. The third-order valence-corrected chi connectivity index (χ3v) is 17.1. The smallest absolute Gasteiger partial charge is 0.222 e. The maximum Gasteiger partial charge on any atom is 0.222 e. The molecular weight excluding hydrogens is 1400 g/mol. The molecule has 0 aliphatic carbocycles. The van der Waals surface area contributed by atoms with Gasteiger partial charge in [0.25, 0.3) is 0 Å². The highest BCUT2D eigenvalue weighted by atomic mass is 16.7. The van der Waals surface area contributed by atoms with Gasteiger partial charge < -0.3 is 136 Å². The van der Waals surface area contributed by atoms with Crippen molar-refractivity contribution in [3.8, 4) is 0 Å². The lowest BCUT2D eigenvalue weighted by Gasteiger charge is -2.42. The average Bonchev–Trinajstić information content (AvgIpc) is 0.816. The van der Waals surface area contributed by atoms with Gasteiger partial charge in [-0.1, -0.05) is 72.1 Å². The first-order chi connectivity index (χ1) is 50.7. The lowest BCUT2D eigenvalue weighted by molar-refractivity contribution is -0.270. The van der Waals surface area contributed by atoms with Gasteiger partial charge >= 0.3 is 0 Å². The maximum absolute atomic E-state index is 13.9. The van der Waals surface area contributed by atoms with Gasteiger partial charge in [0.15, 0.2) is 18.9 Å². The molecule has 0 aromatic rings. The molecule has 618 valence electrons. The molecule has 17 N–H and O–H groups in total. The van der Waals surface area contributed by atoms with E-state index in [9.17, 15) is 84.3 Å². The molecule has 0 spiro atoms. The van der Waals surface area contributed by atoms with Crippen molar-refractivity contribution in [3.05, 3.63) is 0 Å². The zero-order chi connectivity index (χ0) is 78.7. The minimum Gasteiger partial charge on any atom is -0.394 e. The predicted molar refractivity (Wildman–Crippen MR) is 383 cm³/mol. The molecule has 6 unspecified atom stereocenters. The van der Waals surface area contributed by atoms with Crippen LogP contribution >= 0.6 is 0 Å². The summed E-state index contributed by atoms with van der Waals surface area (Å²) in [5, 5.41) is 113. The first kappa shape index (κ1) is 97.1. The molecule has 8 amide bonds. The van der Waals surface area contributed by atoms with Gasteiger partial charge in [-0.05, 0) is 63.7 Å². The minimum atomic E-state index is -1.43. The lowest BCUT2D eigenvalue weighted by atomic mass is 9.97. The van der Waals surface area contributed by atoms with Gasteiger partial charge in [-0.2, -0.15) is 0 Å². The van der Waals surface area contributed by atoms with E-state index in [4.69, 9.17) is 47.4 Å². The normalized spacial score (nSPS) is 24.9. The van der Waals surface area contributed by atoms with Crippen LogP contribution in [0.2, 0.25) is 0 Å². The van der Waals surface area contributed by atoms with Gasteiger partial charge in [0.2, 0.25) is 47.3 Å². The van der Waals surface area contributed by atoms with E-state index in [1.807, 2.05) is 0 Å². The van der Waals surface area contributed by atoms with Crippen LogP contribution in [0, 0.1) is 5.92 Å². The second-order valence-corrected chi connectivity index (χ2v) is 27.8. The number of nitrogens with one attached hydrogen (secondary N) is 8. The number of aliphatic hydroxyl groups excluding tert-OH is 9. The van der Waals surface area contributed by atoms with E-state index >= 15 is 0 Å². The summed E-state index contributed by atoms with van der Waals surface area (Å²) in [5.41, 5.74) is -1.43. The standard InChI is InChI=1S/C67H122N8O27.C4H10/c1-44(79)72-55-61(90)58(87)47(38-76)100-64(55)97-32-18-10-6-14-28-69-51(83)24-35-94-41-67(75-54(86)23-21-22-50(82)68-27-13-5-9-17-31-93-4,42-95-36-25-52(84)70-29-15-7-11-19-33-98-65-56(73-45(2)80)62(91)59(88)48(39-77)101-65)43-96-37-26-53(85)71-30-16-8-12-20-34-99-66-57(74-46(3)81)63(92)60(89)49(40-78)102-66;1-4(2)3/h47-49,55-66,76-78,87-92H,5-43H2,1-4H3,(H,68,82)(H,69,83)(H,70,84)(H,71,85)(H,72,79)(H,73,80)(H,74,81)(H,75,86);4H,1-3H3/t47?,48?,49?,55?,56?,57?,58-,59-,60-,61+,62+,63+,64+,65+,66+,67?;/m0./s1. The van der Waals surface area contributed by atoms with Crippen LogP contribution in [-0.2, 0) is 85.7 Å². The average molecular weight is 1530 g/mol. The van der Waals surface area contributed by atoms with Crippen LogP contribution in [0.5, 0.6) is 0 Å². The Morgan fingerprint density at radius 3 is 0.896 bits per heavy atom. The van der Waals surface area contributed by atoms with Gasteiger partial charge in [-0.3, -0.25) is 38.4 Å². The van der Waals surface area contributed by atoms with Crippen molar-refractivity contribution in [2.24, 2.45) is 5.92 Å². The molecule has 0 bridgehead atoms. The van der Waals surface area contributed by atoms with E-state index < -0.39 is 141 Å². The number of carbonyl (C=O) groups is 8. The van der Waals surface area contributed by atoms with Crippen LogP contribution in [0.3, 0.4) is 0 Å². The lowest BCUT2D eigenvalue weighted by Crippen LogP contribution is -2.64. The van der Waals surface area contributed by atoms with E-state index in [1.165, 1.54) is 20.8 Å². The number of unbranched alkanes of at least 4 members (excludes halogenated alkanes) is 12. The van der Waals surface area contributed by atoms with Gasteiger partial charge in [-0.15, -0.1) is 0 Å². The Balaban J connectivity index is 0.00000928. The highest BCUT2D eigenvalue weighted by molar-refractivity contribution is 5.80. The van der Waals surface area contributed by atoms with Crippen LogP contribution < -0.4 is 42.5 Å². The summed E-state index contributed by atoms with van der Waals surface area (Å²) in [4.78, 5) is 101. The number of carbonyl (C=O) groups excluding carboxylic acids is 8. The summed E-state index contributed by atoms with van der Waals surface area (Å²) in [5.74, 6) is -2.16. The molecule has 3 fully saturated rings. The zero-order valence-electron chi connectivity index (χ0n) is 63.7. The molecule has 15 atom stereocenters. The highest BCUT2D eigenvalue weighted by Gasteiger charge is 2.48. The fraction of sp³-hybridized carbons (Fsp3) is 0.887. The second-order valence-electron chi connectivity index (χ2n) is 27.8. The Morgan fingerprint density at radius 1 is 0.358 bits per heavy atom. The number of ether oxygens (including phenoxy) is 10. The largest absolute Gasteiger partial charge is 0.394 e. The molecule has 106 heavy (non-hydrogen) atoms. The SMILES string of the molecule is CC(C)C.COCCCCCCNC(=O)CCCC(=O)NC(COCCC(=O)NCCCCCCO[C@@H]1OC(CO)[C@H](O)[C@H](O)C1NC(C)=O)(COCCC(=O)NCCCCCCO[C@@H]1OC(CO)[C@H](O)[C@H](O)C1NC(C)=O)COCCC(=O)NCCCCCCO[C@@H]1OC(CO)[C@H](O)[C@H](O)C1NC(C)=O. The number of hydrogen-bond donors (Lipinski definition) is 17. The number of amides is 8. The van der Waals surface area contributed by atoms with Gasteiger partial charge in [0.1, 0.15) is 78.6 Å². The predicted octanol–water partition coefficient (Wildman–Crippen LogP) is -1.87. The molecule has 0 saturated carbocycles. The van der Waals surface area contributed by atoms with Crippen LogP contribution in [0.4, 0.5) is 0 Å². The minimum absolute atomic E-state index is 0.0628. The fourth-order valence-corrected chi connectivity index (χ4v) is 11.5. The Hall–Kier alpha value is -5.00. The number of methoxy groups -OCH3 is 1. The Labute approximate surface area is 624 Å². The van der Waals surface area contributed by atoms with Crippen molar-refractivity contribution in [2.45, 2.75) is 280 Å². The van der Waals surface area contributed by atoms with Crippen molar-refractivity contribution >= 4 is 47.3 Å². The van der Waals surface area contributed by atoms with Gasteiger partial charge in [0.05, 0.1) is 59.5 Å². The molecule has 0 radical (unpaired) electrons. The zero-order valence-corrected chi connectivity index (χ0v) is 63.7. The molecule has 35 nitrogen and oxygen atoms in total. The Kier molecular flexibility index (Phi) is 53.1. The first-order valence-electron chi connectivity index (χ1n) is 37.9. The maximum atomic E-state index is 13.9. The summed E-state index contributed by atoms with van der Waals surface area (Å²) >= 11 is 0. The Morgan fingerprint density at radius 2 is 0.623 bits per heavy atom. The molecule has 3 heterocycles. The number of hydrogen-bond acceptors (Lipinski definition) is 27. The molecule has 0 aromatic heterocycles. The topological polar surface area (TPSA) is 507 Å². The van der Waals surface area contributed by atoms with Crippen LogP contribution in [0.15, 0.2) is 0 Å². The summed E-state index contributed by atoms with van der Waals surface area (Å²) in [6.07, 6.45) is -3.85. The van der Waals surface area contributed by atoms with Crippen molar-refractivity contribution in [2.75, 3.05) is 119 Å². The molecule has 0 aromatic carbocycles. The van der Waals surface area contributed by atoms with Crippen LogP contribution in [0.25, 0.3) is 0 Å². The highest BCUT2D eigenvalue weighted by Crippen LogP contribution is 2.26. The third-order valence-electron chi connectivity index (χ3n) is 17.1. The number of rotatable bonds is 57. The van der Waals surface area contributed by atoms with Crippen molar-refractivity contribution < 1.29 is 132 Å². The molecule has 35 heteroatoms. The summed E-state index contributed by atoms with van der Waals surface area (Å²) in [6.45, 7) is 10.3. The summed E-state index contributed by atoms with van der Waals surface area (Å²) in [6, 6.07) is -3.16. The molecule has 3 rings (SSSR count). The van der Waals surface area contributed by atoms with E-state index in [1.54, 1.807) is 7.11 Å². The summed E-state index contributed by atoms with van der Waals surface area (Å²) in [7, 11) is 1.65. The van der Waals surface area contributed by atoms with E-state index in [-0.39, 0.29) is 122 Å². The second kappa shape index (κ2) is 58.0. The summed E-state index contributed by atoms with van der Waals surface area (Å²) < 4.78 is 57.6. The van der Waals surface area contributed by atoms with Crippen LogP contribution in [-0.4, -0.2) is 310 Å². The molecule has 3 saturated heterocycles. The quantitative estimate of drug-likeness (QED) is 0.0297. The van der Waals surface area contributed by atoms with E-state index in [0.29, 0.717) is 110 Å². The molecule has 3 aliphatic rings. The van der Waals surface area contributed by atoms with Crippen LogP contribution in [0.1, 0.15) is 183 Å². The fourth-order valence-electron chi connectivity index (χ4n) is 11.5. The third kappa shape index (κ3) is 42.3. The monoisotopic (exact) mass is 1530 g/mol. The van der Waals surface area contributed by atoms with Gasteiger partial charge in [-0.25, -0.2) is 0 Å². The molecular formula is C71H132N8O27. The van der Waals surface area contributed by atoms with E-state index in [0.717, 1.165) is 31.6 Å². The van der Waals surface area contributed by atoms with Crippen molar-refractivity contribution in [1.29, 1.82) is 0 Å². The van der Waals surface area contributed by atoms with Crippen molar-refractivity contribution in [1.82, 2.24) is 42.5 Å². The van der Waals surface area contributed by atoms with Gasteiger partial charge in [0, 0.05) is 113 Å². The van der Waals surface area contributed by atoms with Crippen molar-refractivity contribution in [3.63, 3.8) is 0 Å².